The van der Waals surface area contributed by atoms with Crippen molar-refractivity contribution in [1.29, 1.82) is 0 Å². The lowest BCUT2D eigenvalue weighted by Gasteiger charge is -2.19. The Hall–Kier alpha value is -2.55. The van der Waals surface area contributed by atoms with E-state index in [1.54, 1.807) is 20.8 Å². The van der Waals surface area contributed by atoms with Gasteiger partial charge in [0.1, 0.15) is 11.4 Å². The predicted molar refractivity (Wildman–Crippen MR) is 79.1 cm³/mol. The van der Waals surface area contributed by atoms with E-state index in [9.17, 15) is 14.0 Å². The number of carbonyl (C=O) groups is 2. The zero-order valence-corrected chi connectivity index (χ0v) is 12.7. The topological polar surface area (TPSA) is 75.6 Å². The number of rotatable bonds is 3. The minimum atomic E-state index is -1.21. The fourth-order valence-corrected chi connectivity index (χ4v) is 1.49. The van der Waals surface area contributed by atoms with Gasteiger partial charge in [-0.3, -0.25) is 0 Å². The minimum Gasteiger partial charge on any atom is -0.478 e. The third-order valence-electron chi connectivity index (χ3n) is 2.30. The summed E-state index contributed by atoms with van der Waals surface area (Å²) in [6.45, 7) is 5.56. The van der Waals surface area contributed by atoms with Gasteiger partial charge in [-0.05, 0) is 39.0 Å². The molecule has 2 N–H and O–H groups in total. The van der Waals surface area contributed by atoms with Crippen molar-refractivity contribution >= 4 is 12.1 Å². The summed E-state index contributed by atoms with van der Waals surface area (Å²) >= 11 is 0. The fraction of sp³-hybridized carbons (Fsp3) is 0.375. The van der Waals surface area contributed by atoms with Crippen LogP contribution in [0, 0.1) is 17.7 Å². The average molecular weight is 307 g/mol. The Kier molecular flexibility index (Phi) is 5.93. The number of alkyl carbamates (subject to hydrolysis) is 1. The van der Waals surface area contributed by atoms with Gasteiger partial charge in [-0.1, -0.05) is 11.8 Å². The highest BCUT2D eigenvalue weighted by atomic mass is 19.1. The molecular formula is C16H18FNO4. The van der Waals surface area contributed by atoms with E-state index in [-0.39, 0.29) is 17.7 Å². The van der Waals surface area contributed by atoms with Crippen molar-refractivity contribution in [1.82, 2.24) is 5.32 Å². The van der Waals surface area contributed by atoms with E-state index < -0.39 is 23.5 Å². The van der Waals surface area contributed by atoms with Gasteiger partial charge in [-0.25, -0.2) is 14.0 Å². The second kappa shape index (κ2) is 7.46. The number of nitrogens with one attached hydrogen (secondary N) is 1. The Bertz CT molecular complexity index is 623. The van der Waals surface area contributed by atoms with Crippen LogP contribution < -0.4 is 5.32 Å². The van der Waals surface area contributed by atoms with Crippen LogP contribution in [0.2, 0.25) is 0 Å². The van der Waals surface area contributed by atoms with E-state index in [1.165, 1.54) is 6.07 Å². The number of ether oxygens (including phenoxy) is 1. The molecule has 0 saturated heterocycles. The Morgan fingerprint density at radius 2 is 2.00 bits per heavy atom. The van der Waals surface area contributed by atoms with Crippen LogP contribution in [0.1, 0.15) is 43.1 Å². The van der Waals surface area contributed by atoms with Gasteiger partial charge in [0.05, 0.1) is 5.56 Å². The molecule has 0 aliphatic carbocycles. The molecule has 0 unspecified atom stereocenters. The van der Waals surface area contributed by atoms with Crippen LogP contribution in [0.4, 0.5) is 9.18 Å². The first-order valence-corrected chi connectivity index (χ1v) is 6.67. The van der Waals surface area contributed by atoms with Crippen LogP contribution in [0.25, 0.3) is 0 Å². The smallest absolute Gasteiger partial charge is 0.407 e. The maximum absolute atomic E-state index is 13.2. The van der Waals surface area contributed by atoms with Crippen LogP contribution in [-0.4, -0.2) is 29.3 Å². The lowest BCUT2D eigenvalue weighted by molar-refractivity contribution is 0.0528. The van der Waals surface area contributed by atoms with Crippen LogP contribution in [0.5, 0.6) is 0 Å². The molecule has 1 rings (SSSR count). The predicted octanol–water partition coefficient (Wildman–Crippen LogP) is 2.79. The molecule has 0 bridgehead atoms. The highest BCUT2D eigenvalue weighted by Gasteiger charge is 2.15. The second-order valence-corrected chi connectivity index (χ2v) is 5.51. The summed E-state index contributed by atoms with van der Waals surface area (Å²) in [6, 6.07) is 3.37. The van der Waals surface area contributed by atoms with Crippen molar-refractivity contribution in [3.05, 3.63) is 35.1 Å². The molecule has 0 radical (unpaired) electrons. The molecule has 0 saturated carbocycles. The highest BCUT2D eigenvalue weighted by Crippen LogP contribution is 2.08. The van der Waals surface area contributed by atoms with Crippen molar-refractivity contribution in [2.24, 2.45) is 0 Å². The van der Waals surface area contributed by atoms with Crippen molar-refractivity contribution in [3.63, 3.8) is 0 Å². The second-order valence-electron chi connectivity index (χ2n) is 5.51. The molecule has 1 aromatic rings. The van der Waals surface area contributed by atoms with E-state index in [4.69, 9.17) is 9.84 Å². The van der Waals surface area contributed by atoms with Crippen molar-refractivity contribution < 1.29 is 23.8 Å². The number of benzene rings is 1. The van der Waals surface area contributed by atoms with Gasteiger partial charge < -0.3 is 15.2 Å². The number of amides is 1. The number of carboxylic acids is 1. The third-order valence-corrected chi connectivity index (χ3v) is 2.30. The van der Waals surface area contributed by atoms with E-state index in [1.807, 2.05) is 0 Å². The standard InChI is InChI=1S/C16H18FNO4/c1-16(2,3)22-15(21)18-7-5-4-6-11-8-12(14(19)20)10-13(17)9-11/h8-10H,5,7H2,1-3H3,(H,18,21)(H,19,20). The molecule has 0 aromatic heterocycles. The van der Waals surface area contributed by atoms with Crippen LogP contribution >= 0.6 is 0 Å². The zero-order valence-electron chi connectivity index (χ0n) is 12.7. The van der Waals surface area contributed by atoms with E-state index in [0.29, 0.717) is 6.42 Å². The number of hydrogen-bond acceptors (Lipinski definition) is 3. The van der Waals surface area contributed by atoms with Crippen molar-refractivity contribution in [3.8, 4) is 11.8 Å². The largest absolute Gasteiger partial charge is 0.478 e. The molecule has 0 fully saturated rings. The fourth-order valence-electron chi connectivity index (χ4n) is 1.49. The third kappa shape index (κ3) is 6.75. The molecule has 22 heavy (non-hydrogen) atoms. The average Bonchev–Trinajstić information content (AvgIpc) is 2.35. The number of hydrogen-bond donors (Lipinski definition) is 2. The SMILES string of the molecule is CC(C)(C)OC(=O)NCCC#Cc1cc(F)cc(C(=O)O)c1. The molecule has 1 amide bonds. The van der Waals surface area contributed by atoms with Gasteiger partial charge >= 0.3 is 12.1 Å². The number of carboxylic acid groups (broad SMARTS) is 1. The summed E-state index contributed by atoms with van der Waals surface area (Å²) in [4.78, 5) is 22.2. The van der Waals surface area contributed by atoms with Gasteiger partial charge in [0, 0.05) is 18.5 Å². The summed E-state index contributed by atoms with van der Waals surface area (Å²) in [5.41, 5.74) is -0.448. The summed E-state index contributed by atoms with van der Waals surface area (Å²) in [5.74, 6) is 3.52. The highest BCUT2D eigenvalue weighted by molar-refractivity contribution is 5.88. The summed E-state index contributed by atoms with van der Waals surface area (Å²) in [5, 5.41) is 11.4. The Labute approximate surface area is 128 Å². The van der Waals surface area contributed by atoms with Gasteiger partial charge in [-0.2, -0.15) is 0 Å². The summed E-state index contributed by atoms with van der Waals surface area (Å²) < 4.78 is 18.3. The van der Waals surface area contributed by atoms with Crippen LogP contribution in [0.15, 0.2) is 18.2 Å². The monoisotopic (exact) mass is 307 g/mol. The number of halogens is 1. The van der Waals surface area contributed by atoms with Gasteiger partial charge in [0.15, 0.2) is 0 Å². The maximum atomic E-state index is 13.2. The van der Waals surface area contributed by atoms with Gasteiger partial charge in [-0.15, -0.1) is 0 Å². The lowest BCUT2D eigenvalue weighted by Crippen LogP contribution is -2.32. The molecule has 0 atom stereocenters. The summed E-state index contributed by atoms with van der Waals surface area (Å²) in [7, 11) is 0. The first-order chi connectivity index (χ1) is 10.2. The molecular weight excluding hydrogens is 289 g/mol. The molecule has 6 heteroatoms. The molecule has 1 aromatic carbocycles. The van der Waals surface area contributed by atoms with E-state index in [2.05, 4.69) is 17.2 Å². The van der Waals surface area contributed by atoms with E-state index in [0.717, 1.165) is 12.1 Å². The molecule has 118 valence electrons. The Morgan fingerprint density at radius 3 is 2.59 bits per heavy atom. The van der Waals surface area contributed by atoms with Crippen molar-refractivity contribution in [2.75, 3.05) is 6.54 Å². The minimum absolute atomic E-state index is 0.156. The van der Waals surface area contributed by atoms with E-state index >= 15 is 0 Å². The van der Waals surface area contributed by atoms with Crippen LogP contribution in [0.3, 0.4) is 0 Å². The molecule has 0 spiro atoms. The quantitative estimate of drug-likeness (QED) is 0.665. The molecule has 5 nitrogen and oxygen atoms in total. The van der Waals surface area contributed by atoms with Gasteiger partial charge in [0.25, 0.3) is 0 Å². The van der Waals surface area contributed by atoms with Gasteiger partial charge in [0.2, 0.25) is 0 Å². The maximum Gasteiger partial charge on any atom is 0.407 e. The first kappa shape index (κ1) is 17.5. The van der Waals surface area contributed by atoms with Crippen molar-refractivity contribution in [2.45, 2.75) is 32.8 Å². The summed E-state index contributed by atoms with van der Waals surface area (Å²) in [6.07, 6.45) is -0.203. The zero-order chi connectivity index (χ0) is 16.8. The molecule has 0 heterocycles. The number of aromatic carboxylic acids is 1. The molecule has 0 aliphatic rings. The van der Waals surface area contributed by atoms with Crippen LogP contribution in [-0.2, 0) is 4.74 Å². The lowest BCUT2D eigenvalue weighted by atomic mass is 10.1. The number of carbonyl (C=O) groups excluding carboxylic acids is 1. The Balaban J connectivity index is 2.52. The Morgan fingerprint density at radius 1 is 1.32 bits per heavy atom. The first-order valence-electron chi connectivity index (χ1n) is 6.67. The molecule has 0 aliphatic heterocycles. The normalized spacial score (nSPS) is 10.4.